The lowest BCUT2D eigenvalue weighted by Crippen LogP contribution is -2.50. The van der Waals surface area contributed by atoms with E-state index in [1.54, 1.807) is 6.08 Å². The molecule has 218 valence electrons. The minimum absolute atomic E-state index is 0.195. The Labute approximate surface area is 227 Å². The monoisotopic (exact) mass is 545 g/mol. The highest BCUT2D eigenvalue weighted by Gasteiger charge is 2.27. The van der Waals surface area contributed by atoms with Crippen LogP contribution in [0.3, 0.4) is 0 Å². The van der Waals surface area contributed by atoms with Crippen LogP contribution in [0.4, 0.5) is 0 Å². The van der Waals surface area contributed by atoms with Gasteiger partial charge in [-0.05, 0) is 38.5 Å². The van der Waals surface area contributed by atoms with Crippen LogP contribution in [0.1, 0.15) is 129 Å². The van der Waals surface area contributed by atoms with Gasteiger partial charge in [0.2, 0.25) is 5.91 Å². The molecular weight excluding hydrogens is 490 g/mol. The number of amides is 1. The third-order valence-corrected chi connectivity index (χ3v) is 7.27. The van der Waals surface area contributed by atoms with Crippen LogP contribution in [0, 0.1) is 0 Å². The summed E-state index contributed by atoms with van der Waals surface area (Å²) in [6.45, 7) is 4.39. The molecule has 0 aliphatic heterocycles. The summed E-state index contributed by atoms with van der Waals surface area (Å²) in [7, 11) is -4.43. The summed E-state index contributed by atoms with van der Waals surface area (Å²) in [6.07, 6.45) is 24.1. The maximum Gasteiger partial charge on any atom is 0.267 e. The molecular formula is C29H55NO6S. The lowest BCUT2D eigenvalue weighted by atomic mass is 10.1. The van der Waals surface area contributed by atoms with E-state index in [1.165, 1.54) is 76.7 Å². The van der Waals surface area contributed by atoms with Crippen molar-refractivity contribution < 1.29 is 28.0 Å². The summed E-state index contributed by atoms with van der Waals surface area (Å²) in [6, 6.07) is -1.24. The molecule has 0 heterocycles. The Morgan fingerprint density at radius 1 is 0.730 bits per heavy atom. The zero-order chi connectivity index (χ0) is 27.8. The molecule has 0 radical (unpaired) electrons. The van der Waals surface area contributed by atoms with E-state index < -0.39 is 40.0 Å². The van der Waals surface area contributed by atoms with Crippen molar-refractivity contribution in [2.45, 2.75) is 148 Å². The van der Waals surface area contributed by atoms with Gasteiger partial charge < -0.3 is 15.5 Å². The summed E-state index contributed by atoms with van der Waals surface area (Å²) in [5.74, 6) is -1.58. The van der Waals surface area contributed by atoms with Crippen LogP contribution in [-0.2, 0) is 14.9 Å². The first-order valence-electron chi connectivity index (χ1n) is 14.6. The molecule has 0 aliphatic rings. The van der Waals surface area contributed by atoms with E-state index in [-0.39, 0.29) is 6.42 Å². The average Bonchev–Trinajstić information content (AvgIpc) is 2.84. The number of rotatable bonds is 25. The fourth-order valence-electron chi connectivity index (χ4n) is 4.16. The summed E-state index contributed by atoms with van der Waals surface area (Å²) < 4.78 is 32.1. The summed E-state index contributed by atoms with van der Waals surface area (Å²) in [4.78, 5) is 12.4. The number of aliphatic hydroxyl groups is 2. The van der Waals surface area contributed by atoms with E-state index in [9.17, 15) is 28.0 Å². The Kier molecular flexibility index (Phi) is 23.1. The lowest BCUT2D eigenvalue weighted by Gasteiger charge is -2.22. The molecule has 3 unspecified atom stereocenters. The van der Waals surface area contributed by atoms with Crippen molar-refractivity contribution in [2.75, 3.05) is 5.75 Å². The molecule has 0 aromatic heterocycles. The van der Waals surface area contributed by atoms with Crippen molar-refractivity contribution in [1.29, 1.82) is 0 Å². The highest BCUT2D eigenvalue weighted by atomic mass is 32.2. The highest BCUT2D eigenvalue weighted by Crippen LogP contribution is 2.12. The standard InChI is InChI=1S/C29H55NO6S/c1-3-5-7-9-11-13-14-15-16-18-19-21-23-27(31)26(25-37(34,35)36)30-29(33)28(32)24-22-20-17-12-10-8-6-4-2/h17,20-21,23,26-28,31-32H,3-16,18-19,22,24-25H2,1-2H3,(H,30,33)(H,34,35,36)/b20-17-,23-21+. The number of hydrogen-bond acceptors (Lipinski definition) is 5. The van der Waals surface area contributed by atoms with Gasteiger partial charge in [0, 0.05) is 0 Å². The fourth-order valence-corrected chi connectivity index (χ4v) is 4.90. The molecule has 0 rings (SSSR count). The second kappa shape index (κ2) is 23.9. The molecule has 0 spiro atoms. The topological polar surface area (TPSA) is 124 Å². The van der Waals surface area contributed by atoms with E-state index in [4.69, 9.17) is 0 Å². The van der Waals surface area contributed by atoms with E-state index in [0.717, 1.165) is 32.1 Å². The molecule has 0 aromatic carbocycles. The zero-order valence-electron chi connectivity index (χ0n) is 23.5. The van der Waals surface area contributed by atoms with Crippen molar-refractivity contribution in [3.8, 4) is 0 Å². The molecule has 1 amide bonds. The maximum atomic E-state index is 12.4. The van der Waals surface area contributed by atoms with Gasteiger partial charge in [-0.1, -0.05) is 115 Å². The third-order valence-electron chi connectivity index (χ3n) is 6.49. The Morgan fingerprint density at radius 3 is 1.73 bits per heavy atom. The van der Waals surface area contributed by atoms with E-state index in [2.05, 4.69) is 19.2 Å². The van der Waals surface area contributed by atoms with Crippen LogP contribution in [0.25, 0.3) is 0 Å². The van der Waals surface area contributed by atoms with Crippen molar-refractivity contribution in [2.24, 2.45) is 0 Å². The van der Waals surface area contributed by atoms with Crippen LogP contribution >= 0.6 is 0 Å². The van der Waals surface area contributed by atoms with Crippen molar-refractivity contribution in [3.63, 3.8) is 0 Å². The van der Waals surface area contributed by atoms with Gasteiger partial charge in [0.1, 0.15) is 6.10 Å². The van der Waals surface area contributed by atoms with Gasteiger partial charge in [-0.25, -0.2) is 0 Å². The Hall–Kier alpha value is -1.22. The smallest absolute Gasteiger partial charge is 0.267 e. The number of carbonyl (C=O) groups is 1. The Morgan fingerprint density at radius 2 is 1.19 bits per heavy atom. The number of unbranched alkanes of at least 4 members (excludes halogenated alkanes) is 14. The fraction of sp³-hybridized carbons (Fsp3) is 0.828. The maximum absolute atomic E-state index is 12.4. The van der Waals surface area contributed by atoms with Gasteiger partial charge in [-0.2, -0.15) is 8.42 Å². The SMILES string of the molecule is CCCCCC/C=C\CCC(O)C(=O)NC(CS(=O)(=O)O)C(O)/C=C/CCCCCCCCCCCC. The minimum Gasteiger partial charge on any atom is -0.387 e. The van der Waals surface area contributed by atoms with Crippen LogP contribution < -0.4 is 5.32 Å². The largest absolute Gasteiger partial charge is 0.387 e. The summed E-state index contributed by atoms with van der Waals surface area (Å²) >= 11 is 0. The molecule has 0 bridgehead atoms. The Balaban J connectivity index is 4.35. The average molecular weight is 546 g/mol. The van der Waals surface area contributed by atoms with Crippen LogP contribution in [0.15, 0.2) is 24.3 Å². The molecule has 0 saturated heterocycles. The number of hydrogen-bond donors (Lipinski definition) is 4. The van der Waals surface area contributed by atoms with Crippen LogP contribution in [0.5, 0.6) is 0 Å². The lowest BCUT2D eigenvalue weighted by molar-refractivity contribution is -0.130. The van der Waals surface area contributed by atoms with Crippen molar-refractivity contribution in [1.82, 2.24) is 5.32 Å². The molecule has 0 aromatic rings. The van der Waals surface area contributed by atoms with E-state index in [1.807, 2.05) is 12.2 Å². The highest BCUT2D eigenvalue weighted by molar-refractivity contribution is 7.85. The van der Waals surface area contributed by atoms with Crippen molar-refractivity contribution >= 4 is 16.0 Å². The van der Waals surface area contributed by atoms with Crippen LogP contribution in [-0.4, -0.2) is 53.1 Å². The second-order valence-corrected chi connectivity index (χ2v) is 11.7. The molecule has 8 heteroatoms. The predicted octanol–water partition coefficient (Wildman–Crippen LogP) is 6.25. The first kappa shape index (κ1) is 35.8. The first-order valence-corrected chi connectivity index (χ1v) is 16.3. The third kappa shape index (κ3) is 23.6. The summed E-state index contributed by atoms with van der Waals surface area (Å²) in [5.41, 5.74) is 0. The molecule has 0 aliphatic carbocycles. The number of aliphatic hydroxyl groups excluding tert-OH is 2. The van der Waals surface area contributed by atoms with Gasteiger partial charge in [0.05, 0.1) is 17.9 Å². The number of allylic oxidation sites excluding steroid dienone is 3. The van der Waals surface area contributed by atoms with Crippen LogP contribution in [0.2, 0.25) is 0 Å². The predicted molar refractivity (Wildman–Crippen MR) is 153 cm³/mol. The van der Waals surface area contributed by atoms with Gasteiger partial charge in [-0.15, -0.1) is 0 Å². The van der Waals surface area contributed by atoms with Gasteiger partial charge in [0.15, 0.2) is 0 Å². The number of nitrogens with one attached hydrogen (secondary N) is 1. The van der Waals surface area contributed by atoms with E-state index >= 15 is 0 Å². The zero-order valence-corrected chi connectivity index (χ0v) is 24.3. The normalized spacial score (nSPS) is 14.8. The van der Waals surface area contributed by atoms with Gasteiger partial charge >= 0.3 is 0 Å². The molecule has 0 fully saturated rings. The van der Waals surface area contributed by atoms with Gasteiger partial charge in [0.25, 0.3) is 10.1 Å². The van der Waals surface area contributed by atoms with Gasteiger partial charge in [-0.3, -0.25) is 9.35 Å². The number of carbonyl (C=O) groups excluding carboxylic acids is 1. The Bertz CT molecular complexity index is 707. The minimum atomic E-state index is -4.43. The quantitative estimate of drug-likeness (QED) is 0.0610. The van der Waals surface area contributed by atoms with Crippen molar-refractivity contribution in [3.05, 3.63) is 24.3 Å². The molecule has 4 N–H and O–H groups in total. The second-order valence-electron chi connectivity index (χ2n) is 10.2. The summed E-state index contributed by atoms with van der Waals surface area (Å²) in [5, 5.41) is 23.0. The molecule has 3 atom stereocenters. The molecule has 37 heavy (non-hydrogen) atoms. The first-order chi connectivity index (χ1) is 17.7. The molecule has 0 saturated carbocycles. The van der Waals surface area contributed by atoms with E-state index in [0.29, 0.717) is 6.42 Å². The molecule has 7 nitrogen and oxygen atoms in total.